The molecule has 0 spiro atoms. The fourth-order valence-electron chi connectivity index (χ4n) is 1.83. The molecule has 0 saturated carbocycles. The summed E-state index contributed by atoms with van der Waals surface area (Å²) < 4.78 is 1.53. The van der Waals surface area contributed by atoms with Crippen molar-refractivity contribution in [1.82, 2.24) is 5.48 Å². The maximum absolute atomic E-state index is 5.33. The van der Waals surface area contributed by atoms with Crippen molar-refractivity contribution in [3.05, 3.63) is 29.8 Å². The first-order chi connectivity index (χ1) is 8.22. The summed E-state index contributed by atoms with van der Waals surface area (Å²) >= 11 is 2.40. The van der Waals surface area contributed by atoms with Gasteiger partial charge in [-0.25, -0.2) is 0 Å². The van der Waals surface area contributed by atoms with E-state index in [-0.39, 0.29) is 0 Å². The van der Waals surface area contributed by atoms with Crippen molar-refractivity contribution in [3.63, 3.8) is 0 Å². The summed E-state index contributed by atoms with van der Waals surface area (Å²) in [6.45, 7) is 5.34. The molecule has 1 aliphatic rings. The van der Waals surface area contributed by atoms with Gasteiger partial charge in [0, 0.05) is 0 Å². The molecule has 0 bridgehead atoms. The SMILES string of the molecule is CS[C@@H](C)c1ccccc1[Se]C1CONC1C. The first kappa shape index (κ1) is 13.4. The summed E-state index contributed by atoms with van der Waals surface area (Å²) in [5, 5.41) is 0.582. The Bertz CT molecular complexity index is 374. The molecule has 0 aliphatic carbocycles. The molecule has 1 saturated heterocycles. The number of hydroxylamine groups is 1. The van der Waals surface area contributed by atoms with Crippen molar-refractivity contribution in [2.45, 2.75) is 30.0 Å². The molecular weight excluding hydrogens is 297 g/mol. The molecule has 0 amide bonds. The molecule has 1 aromatic rings. The zero-order valence-corrected chi connectivity index (χ0v) is 13.0. The topological polar surface area (TPSA) is 21.3 Å². The van der Waals surface area contributed by atoms with E-state index in [1.54, 1.807) is 0 Å². The van der Waals surface area contributed by atoms with Gasteiger partial charge in [-0.05, 0) is 0 Å². The van der Waals surface area contributed by atoms with Crippen LogP contribution in [-0.4, -0.2) is 33.9 Å². The van der Waals surface area contributed by atoms with Gasteiger partial charge in [-0.2, -0.15) is 0 Å². The predicted octanol–water partition coefficient (Wildman–Crippen LogP) is 2.15. The van der Waals surface area contributed by atoms with Crippen LogP contribution < -0.4 is 9.94 Å². The molecule has 1 heterocycles. The molecule has 17 heavy (non-hydrogen) atoms. The molecule has 1 N–H and O–H groups in total. The molecule has 2 unspecified atom stereocenters. The van der Waals surface area contributed by atoms with Crippen molar-refractivity contribution in [3.8, 4) is 0 Å². The van der Waals surface area contributed by atoms with Gasteiger partial charge in [-0.15, -0.1) is 0 Å². The van der Waals surface area contributed by atoms with Crippen molar-refractivity contribution >= 4 is 31.2 Å². The van der Waals surface area contributed by atoms with Gasteiger partial charge in [0.15, 0.2) is 0 Å². The fourth-order valence-corrected chi connectivity index (χ4v) is 5.10. The third-order valence-corrected chi connectivity index (χ3v) is 7.11. The van der Waals surface area contributed by atoms with E-state index < -0.39 is 0 Å². The van der Waals surface area contributed by atoms with E-state index in [1.807, 2.05) is 11.8 Å². The Morgan fingerprint density at radius 2 is 2.24 bits per heavy atom. The summed E-state index contributed by atoms with van der Waals surface area (Å²) in [7, 11) is 0. The normalized spacial score (nSPS) is 26.1. The van der Waals surface area contributed by atoms with Crippen LogP contribution in [0, 0.1) is 0 Å². The average molecular weight is 316 g/mol. The van der Waals surface area contributed by atoms with Crippen LogP contribution in [0.3, 0.4) is 0 Å². The molecule has 1 aromatic carbocycles. The number of hydrogen-bond acceptors (Lipinski definition) is 3. The van der Waals surface area contributed by atoms with Crippen LogP contribution in [0.15, 0.2) is 24.3 Å². The second kappa shape index (κ2) is 6.26. The Hall–Kier alpha value is 0.00948. The van der Waals surface area contributed by atoms with Crippen LogP contribution in [0.5, 0.6) is 0 Å². The second-order valence-corrected chi connectivity index (χ2v) is 8.16. The maximum atomic E-state index is 5.33. The average Bonchev–Trinajstić information content (AvgIpc) is 2.75. The molecule has 0 radical (unpaired) electrons. The number of rotatable bonds is 4. The molecule has 2 rings (SSSR count). The molecule has 3 atom stereocenters. The standard InChI is InChI=1S/C13H19NOSSe/c1-9-13(8-15-14-9)17-12-7-5-4-6-11(12)10(2)16-3/h4-7,9-10,13-14H,8H2,1-3H3/t9?,10-,13?/m0/s1. The minimum absolute atomic E-state index is 0.479. The fraction of sp³-hybridized carbons (Fsp3) is 0.538. The predicted molar refractivity (Wildman–Crippen MR) is 76.1 cm³/mol. The minimum atomic E-state index is 0.479. The summed E-state index contributed by atoms with van der Waals surface area (Å²) in [6.07, 6.45) is 2.18. The van der Waals surface area contributed by atoms with E-state index in [4.69, 9.17) is 4.84 Å². The van der Waals surface area contributed by atoms with Gasteiger partial charge in [-0.3, -0.25) is 0 Å². The van der Waals surface area contributed by atoms with Crippen molar-refractivity contribution in [2.24, 2.45) is 0 Å². The van der Waals surface area contributed by atoms with E-state index in [2.05, 4.69) is 49.8 Å². The van der Waals surface area contributed by atoms with Crippen molar-refractivity contribution < 1.29 is 4.84 Å². The van der Waals surface area contributed by atoms with Gasteiger partial charge in [0.2, 0.25) is 0 Å². The van der Waals surface area contributed by atoms with Crippen molar-refractivity contribution in [1.29, 1.82) is 0 Å². The molecule has 0 aromatic heterocycles. The third-order valence-electron chi connectivity index (χ3n) is 3.06. The molecule has 1 aliphatic heterocycles. The van der Waals surface area contributed by atoms with Crippen LogP contribution in [0.1, 0.15) is 24.7 Å². The summed E-state index contributed by atoms with van der Waals surface area (Å²) in [4.78, 5) is 5.98. The van der Waals surface area contributed by atoms with Gasteiger partial charge in [0.05, 0.1) is 0 Å². The zero-order chi connectivity index (χ0) is 12.3. The van der Waals surface area contributed by atoms with Crippen LogP contribution in [-0.2, 0) is 4.84 Å². The van der Waals surface area contributed by atoms with E-state index in [0.717, 1.165) is 6.61 Å². The van der Waals surface area contributed by atoms with Gasteiger partial charge in [-0.1, -0.05) is 0 Å². The Balaban J connectivity index is 2.14. The van der Waals surface area contributed by atoms with Crippen LogP contribution >= 0.6 is 11.8 Å². The molecule has 1 fully saturated rings. The quantitative estimate of drug-likeness (QED) is 0.860. The molecule has 94 valence electrons. The first-order valence-corrected chi connectivity index (χ1v) is 9.01. The van der Waals surface area contributed by atoms with Crippen LogP contribution in [0.25, 0.3) is 0 Å². The van der Waals surface area contributed by atoms with Gasteiger partial charge >= 0.3 is 114 Å². The first-order valence-electron chi connectivity index (χ1n) is 5.88. The van der Waals surface area contributed by atoms with Gasteiger partial charge < -0.3 is 0 Å². The van der Waals surface area contributed by atoms with Crippen LogP contribution in [0.4, 0.5) is 0 Å². The Morgan fingerprint density at radius 1 is 1.47 bits per heavy atom. The summed E-state index contributed by atoms with van der Waals surface area (Å²) in [6, 6.07) is 9.34. The Labute approximate surface area is 114 Å². The zero-order valence-electron chi connectivity index (χ0n) is 10.5. The number of thioether (sulfide) groups is 1. The van der Waals surface area contributed by atoms with E-state index in [9.17, 15) is 0 Å². The second-order valence-electron chi connectivity index (χ2n) is 4.29. The van der Waals surface area contributed by atoms with E-state index >= 15 is 0 Å². The van der Waals surface area contributed by atoms with E-state index in [0.29, 0.717) is 31.1 Å². The number of nitrogens with one attached hydrogen (secondary N) is 1. The van der Waals surface area contributed by atoms with Crippen LogP contribution in [0.2, 0.25) is 4.82 Å². The Kier molecular flexibility index (Phi) is 4.95. The van der Waals surface area contributed by atoms with Crippen molar-refractivity contribution in [2.75, 3.05) is 12.9 Å². The molecular formula is C13H19NOSSe. The molecule has 2 nitrogen and oxygen atoms in total. The number of benzene rings is 1. The summed E-state index contributed by atoms with van der Waals surface area (Å²) in [5.41, 5.74) is 4.56. The third kappa shape index (κ3) is 3.27. The van der Waals surface area contributed by atoms with Gasteiger partial charge in [0.25, 0.3) is 0 Å². The number of hydrogen-bond donors (Lipinski definition) is 1. The summed E-state index contributed by atoms with van der Waals surface area (Å²) in [5.74, 6) is 0. The monoisotopic (exact) mass is 317 g/mol. The van der Waals surface area contributed by atoms with Gasteiger partial charge in [0.1, 0.15) is 0 Å². The molecule has 4 heteroatoms. The van der Waals surface area contributed by atoms with E-state index in [1.165, 1.54) is 10.0 Å². The Morgan fingerprint density at radius 3 is 2.88 bits per heavy atom.